The number of hydrogen-bond acceptors (Lipinski definition) is 4. The van der Waals surface area contributed by atoms with Crippen molar-refractivity contribution in [3.8, 4) is 5.75 Å². The summed E-state index contributed by atoms with van der Waals surface area (Å²) in [5.74, 6) is 0.762. The Kier molecular flexibility index (Phi) is 2.91. The van der Waals surface area contributed by atoms with E-state index in [1.807, 2.05) is 0 Å². The zero-order valence-electron chi connectivity index (χ0n) is 7.93. The Morgan fingerprint density at radius 2 is 2.40 bits per heavy atom. The summed E-state index contributed by atoms with van der Waals surface area (Å²) in [5, 5.41) is 12.5. The van der Waals surface area contributed by atoms with Gasteiger partial charge in [0.15, 0.2) is 5.17 Å². The number of phenolic OH excluding ortho intramolecular Hbond substituents is 1. The van der Waals surface area contributed by atoms with E-state index in [1.165, 1.54) is 23.9 Å². The number of rotatable bonds is 1. The lowest BCUT2D eigenvalue weighted by Gasteiger charge is -2.03. The summed E-state index contributed by atoms with van der Waals surface area (Å²) < 4.78 is 0. The molecule has 0 fully saturated rings. The summed E-state index contributed by atoms with van der Waals surface area (Å²) in [4.78, 5) is 15.7. The highest BCUT2D eigenvalue weighted by Crippen LogP contribution is 2.13. The summed E-state index contributed by atoms with van der Waals surface area (Å²) in [7, 11) is 0. The van der Waals surface area contributed by atoms with Gasteiger partial charge in [-0.15, -0.1) is 0 Å². The third kappa shape index (κ3) is 2.50. The van der Waals surface area contributed by atoms with Crippen LogP contribution in [-0.2, 0) is 0 Å². The SMILES string of the molecule is O=C(NC1=NCCS1)c1cccc(O)c1. The van der Waals surface area contributed by atoms with Crippen molar-refractivity contribution in [3.63, 3.8) is 0 Å². The van der Waals surface area contributed by atoms with Crippen LogP contribution in [0.2, 0.25) is 0 Å². The number of thioether (sulfide) groups is 1. The van der Waals surface area contributed by atoms with Crippen LogP contribution in [0.3, 0.4) is 0 Å². The molecule has 0 radical (unpaired) electrons. The molecule has 2 rings (SSSR count). The summed E-state index contributed by atoms with van der Waals surface area (Å²) >= 11 is 1.53. The fraction of sp³-hybridized carbons (Fsp3) is 0.200. The van der Waals surface area contributed by atoms with E-state index < -0.39 is 0 Å². The van der Waals surface area contributed by atoms with E-state index in [1.54, 1.807) is 12.1 Å². The van der Waals surface area contributed by atoms with Crippen LogP contribution >= 0.6 is 11.8 Å². The molecule has 15 heavy (non-hydrogen) atoms. The van der Waals surface area contributed by atoms with E-state index in [0.717, 1.165) is 12.3 Å². The minimum absolute atomic E-state index is 0.0867. The second-order valence-corrected chi connectivity index (χ2v) is 4.12. The zero-order valence-corrected chi connectivity index (χ0v) is 8.75. The molecule has 4 nitrogen and oxygen atoms in total. The van der Waals surface area contributed by atoms with Crippen molar-refractivity contribution in [2.45, 2.75) is 0 Å². The van der Waals surface area contributed by atoms with Crippen LogP contribution in [0.5, 0.6) is 5.75 Å². The normalized spacial score (nSPS) is 14.8. The third-order valence-electron chi connectivity index (χ3n) is 1.91. The molecule has 1 aliphatic rings. The topological polar surface area (TPSA) is 61.7 Å². The van der Waals surface area contributed by atoms with E-state index >= 15 is 0 Å². The van der Waals surface area contributed by atoms with Gasteiger partial charge in [-0.05, 0) is 18.2 Å². The first-order valence-electron chi connectivity index (χ1n) is 4.53. The quantitative estimate of drug-likeness (QED) is 0.751. The second-order valence-electron chi connectivity index (χ2n) is 3.04. The molecule has 0 aliphatic carbocycles. The molecule has 0 saturated carbocycles. The number of carbonyl (C=O) groups excluding carboxylic acids is 1. The van der Waals surface area contributed by atoms with Crippen molar-refractivity contribution in [1.82, 2.24) is 5.32 Å². The molecule has 0 spiro atoms. The maximum atomic E-state index is 11.6. The lowest BCUT2D eigenvalue weighted by Crippen LogP contribution is -2.27. The molecule has 78 valence electrons. The summed E-state index contributed by atoms with van der Waals surface area (Å²) in [6, 6.07) is 6.23. The lowest BCUT2D eigenvalue weighted by molar-refractivity contribution is 0.0977. The van der Waals surface area contributed by atoms with E-state index in [4.69, 9.17) is 0 Å². The number of hydrogen-bond donors (Lipinski definition) is 2. The van der Waals surface area contributed by atoms with Gasteiger partial charge in [0.1, 0.15) is 5.75 Å². The van der Waals surface area contributed by atoms with E-state index in [0.29, 0.717) is 10.7 Å². The van der Waals surface area contributed by atoms with Crippen LogP contribution in [0.25, 0.3) is 0 Å². The molecule has 0 bridgehead atoms. The fourth-order valence-corrected chi connectivity index (χ4v) is 1.95. The number of aromatic hydroxyl groups is 1. The third-order valence-corrected chi connectivity index (χ3v) is 2.81. The number of amidine groups is 1. The van der Waals surface area contributed by atoms with E-state index in [-0.39, 0.29) is 11.7 Å². The molecule has 0 aromatic heterocycles. The first kappa shape index (κ1) is 10.0. The fourth-order valence-electron chi connectivity index (χ4n) is 1.23. The number of aliphatic imine (C=N–C) groups is 1. The average molecular weight is 222 g/mol. The number of nitrogens with zero attached hydrogens (tertiary/aromatic N) is 1. The van der Waals surface area contributed by atoms with Crippen molar-refractivity contribution >= 4 is 22.8 Å². The van der Waals surface area contributed by atoms with Gasteiger partial charge in [0.05, 0.1) is 6.54 Å². The van der Waals surface area contributed by atoms with Crippen LogP contribution in [0.1, 0.15) is 10.4 Å². The Morgan fingerprint density at radius 1 is 1.53 bits per heavy atom. The predicted octanol–water partition coefficient (Wildman–Crippen LogP) is 1.22. The monoisotopic (exact) mass is 222 g/mol. The van der Waals surface area contributed by atoms with Crippen molar-refractivity contribution in [2.75, 3.05) is 12.3 Å². The number of amides is 1. The Labute approximate surface area is 91.4 Å². The van der Waals surface area contributed by atoms with Gasteiger partial charge in [0.2, 0.25) is 0 Å². The van der Waals surface area contributed by atoms with Crippen molar-refractivity contribution in [2.24, 2.45) is 4.99 Å². The molecule has 1 aliphatic heterocycles. The zero-order chi connectivity index (χ0) is 10.7. The van der Waals surface area contributed by atoms with Crippen LogP contribution in [-0.4, -0.2) is 28.5 Å². The molecule has 1 amide bonds. The molecule has 0 saturated heterocycles. The highest BCUT2D eigenvalue weighted by atomic mass is 32.2. The maximum absolute atomic E-state index is 11.6. The van der Waals surface area contributed by atoms with Gasteiger partial charge in [-0.3, -0.25) is 9.79 Å². The molecule has 0 atom stereocenters. The number of phenols is 1. The van der Waals surface area contributed by atoms with Gasteiger partial charge in [0.25, 0.3) is 5.91 Å². The van der Waals surface area contributed by atoms with Gasteiger partial charge >= 0.3 is 0 Å². The van der Waals surface area contributed by atoms with Gasteiger partial charge in [-0.1, -0.05) is 17.8 Å². The number of benzene rings is 1. The minimum atomic E-state index is -0.237. The van der Waals surface area contributed by atoms with Crippen molar-refractivity contribution in [1.29, 1.82) is 0 Å². The van der Waals surface area contributed by atoms with Crippen molar-refractivity contribution in [3.05, 3.63) is 29.8 Å². The maximum Gasteiger partial charge on any atom is 0.257 e. The van der Waals surface area contributed by atoms with Crippen LogP contribution in [0.15, 0.2) is 29.3 Å². The van der Waals surface area contributed by atoms with Gasteiger partial charge in [-0.2, -0.15) is 0 Å². The molecule has 0 unspecified atom stereocenters. The lowest BCUT2D eigenvalue weighted by atomic mass is 10.2. The smallest absolute Gasteiger partial charge is 0.257 e. The highest BCUT2D eigenvalue weighted by Gasteiger charge is 2.12. The van der Waals surface area contributed by atoms with Gasteiger partial charge in [-0.25, -0.2) is 0 Å². The van der Waals surface area contributed by atoms with Crippen LogP contribution in [0.4, 0.5) is 0 Å². The predicted molar refractivity (Wildman–Crippen MR) is 60.3 cm³/mol. The summed E-state index contributed by atoms with van der Waals surface area (Å²) in [6.45, 7) is 0.750. The standard InChI is InChI=1S/C10H10N2O2S/c13-8-3-1-2-7(6-8)9(14)12-10-11-4-5-15-10/h1-3,6,13H,4-5H2,(H,11,12,14). The number of carbonyl (C=O) groups is 1. The molecule has 2 N–H and O–H groups in total. The van der Waals surface area contributed by atoms with Gasteiger partial charge < -0.3 is 10.4 Å². The molecule has 1 aromatic carbocycles. The van der Waals surface area contributed by atoms with Gasteiger partial charge in [0, 0.05) is 11.3 Å². The molecule has 1 heterocycles. The van der Waals surface area contributed by atoms with E-state index in [2.05, 4.69) is 10.3 Å². The minimum Gasteiger partial charge on any atom is -0.508 e. The second kappa shape index (κ2) is 4.35. The number of nitrogens with one attached hydrogen (secondary N) is 1. The molecule has 5 heteroatoms. The molecular formula is C10H10N2O2S. The van der Waals surface area contributed by atoms with Crippen LogP contribution in [0, 0.1) is 0 Å². The first-order chi connectivity index (χ1) is 7.25. The Balaban J connectivity index is 2.07. The van der Waals surface area contributed by atoms with Crippen molar-refractivity contribution < 1.29 is 9.90 Å². The Bertz CT molecular complexity index is 418. The Hall–Kier alpha value is -1.49. The Morgan fingerprint density at radius 3 is 3.07 bits per heavy atom. The summed E-state index contributed by atoms with van der Waals surface area (Å²) in [5.41, 5.74) is 0.435. The van der Waals surface area contributed by atoms with E-state index in [9.17, 15) is 9.90 Å². The highest BCUT2D eigenvalue weighted by molar-refractivity contribution is 8.14. The molecule has 1 aromatic rings. The average Bonchev–Trinajstić information content (AvgIpc) is 2.70. The first-order valence-corrected chi connectivity index (χ1v) is 5.52. The summed E-state index contributed by atoms with van der Waals surface area (Å²) in [6.07, 6.45) is 0. The molecular weight excluding hydrogens is 212 g/mol. The van der Waals surface area contributed by atoms with Crippen LogP contribution < -0.4 is 5.32 Å². The largest absolute Gasteiger partial charge is 0.508 e.